The van der Waals surface area contributed by atoms with Crippen molar-refractivity contribution < 1.29 is 19.1 Å². The van der Waals surface area contributed by atoms with Crippen LogP contribution in [0.1, 0.15) is 38.1 Å². The first-order valence-electron chi connectivity index (χ1n) is 9.01. The van der Waals surface area contributed by atoms with Crippen molar-refractivity contribution in [2.75, 3.05) is 11.9 Å². The molecule has 0 aliphatic carbocycles. The lowest BCUT2D eigenvalue weighted by Crippen LogP contribution is -2.10. The molecule has 1 aliphatic heterocycles. The Bertz CT molecular complexity index is 1050. The molecule has 0 fully saturated rings. The highest BCUT2D eigenvalue weighted by molar-refractivity contribution is 7.17. The van der Waals surface area contributed by atoms with Crippen LogP contribution in [0.4, 0.5) is 5.69 Å². The molecule has 2 aromatic carbocycles. The Kier molecular flexibility index (Phi) is 4.88. The fourth-order valence-corrected chi connectivity index (χ4v) is 4.34. The Morgan fingerprint density at radius 2 is 1.96 bits per heavy atom. The normalized spacial score (nSPS) is 11.8. The number of hydrogen-bond donors (Lipinski definition) is 1. The summed E-state index contributed by atoms with van der Waals surface area (Å²) in [6.07, 6.45) is 0. The summed E-state index contributed by atoms with van der Waals surface area (Å²) in [5, 5.41) is 2.88. The fourth-order valence-electron chi connectivity index (χ4n) is 3.16. The lowest BCUT2D eigenvalue weighted by Gasteiger charge is -2.19. The summed E-state index contributed by atoms with van der Waals surface area (Å²) in [4.78, 5) is 26.1. The summed E-state index contributed by atoms with van der Waals surface area (Å²) in [7, 11) is 0. The van der Waals surface area contributed by atoms with Gasteiger partial charge in [-0.15, -0.1) is 11.3 Å². The van der Waals surface area contributed by atoms with Crippen molar-refractivity contribution in [3.05, 3.63) is 70.1 Å². The maximum atomic E-state index is 12.7. The smallest absolute Gasteiger partial charge is 0.338 e. The van der Waals surface area contributed by atoms with Gasteiger partial charge in [0.1, 0.15) is 12.4 Å². The molecular weight excluding hydrogens is 374 g/mol. The van der Waals surface area contributed by atoms with E-state index < -0.39 is 0 Å². The highest BCUT2D eigenvalue weighted by Gasteiger charge is 2.24. The van der Waals surface area contributed by atoms with Crippen LogP contribution in [-0.4, -0.2) is 18.5 Å². The SMILES string of the molecule is CCOC(=O)c1ccc(NC(=O)c2cc3c(s2)-c2c(C)cccc2OC3)cc1. The summed E-state index contributed by atoms with van der Waals surface area (Å²) in [5.41, 5.74) is 4.29. The fraction of sp³-hybridized carbons (Fsp3) is 0.182. The Labute approximate surface area is 166 Å². The zero-order chi connectivity index (χ0) is 19.7. The van der Waals surface area contributed by atoms with Crippen LogP contribution in [0.25, 0.3) is 10.4 Å². The van der Waals surface area contributed by atoms with Gasteiger partial charge in [0.2, 0.25) is 0 Å². The molecule has 1 aliphatic rings. The third-order valence-corrected chi connectivity index (χ3v) is 5.73. The van der Waals surface area contributed by atoms with E-state index in [1.807, 2.05) is 31.2 Å². The topological polar surface area (TPSA) is 64.6 Å². The maximum Gasteiger partial charge on any atom is 0.338 e. The zero-order valence-corrected chi connectivity index (χ0v) is 16.4. The van der Waals surface area contributed by atoms with Crippen molar-refractivity contribution in [1.29, 1.82) is 0 Å². The summed E-state index contributed by atoms with van der Waals surface area (Å²) in [5.74, 6) is 0.301. The number of rotatable bonds is 4. The number of ether oxygens (including phenoxy) is 2. The second kappa shape index (κ2) is 7.48. The largest absolute Gasteiger partial charge is 0.488 e. The molecule has 1 aromatic heterocycles. The van der Waals surface area contributed by atoms with E-state index in [-0.39, 0.29) is 11.9 Å². The predicted molar refractivity (Wildman–Crippen MR) is 109 cm³/mol. The van der Waals surface area contributed by atoms with Crippen molar-refractivity contribution in [3.63, 3.8) is 0 Å². The van der Waals surface area contributed by atoms with Gasteiger partial charge in [-0.1, -0.05) is 12.1 Å². The first kappa shape index (κ1) is 18.3. The van der Waals surface area contributed by atoms with E-state index in [0.717, 1.165) is 27.3 Å². The average Bonchev–Trinajstić information content (AvgIpc) is 3.13. The Morgan fingerprint density at radius 1 is 1.18 bits per heavy atom. The Morgan fingerprint density at radius 3 is 2.71 bits per heavy atom. The maximum absolute atomic E-state index is 12.7. The third-order valence-electron chi connectivity index (χ3n) is 4.53. The van der Waals surface area contributed by atoms with E-state index in [1.165, 1.54) is 11.3 Å². The molecule has 0 atom stereocenters. The molecule has 28 heavy (non-hydrogen) atoms. The van der Waals surface area contributed by atoms with Gasteiger partial charge in [0.05, 0.1) is 17.0 Å². The molecule has 0 spiro atoms. The monoisotopic (exact) mass is 393 g/mol. The van der Waals surface area contributed by atoms with Crippen molar-refractivity contribution in [3.8, 4) is 16.2 Å². The molecule has 3 aromatic rings. The minimum Gasteiger partial charge on any atom is -0.488 e. The Balaban J connectivity index is 1.54. The summed E-state index contributed by atoms with van der Waals surface area (Å²) < 4.78 is 10.8. The molecule has 0 saturated carbocycles. The standard InChI is InChI=1S/C22H19NO4S/c1-3-26-22(25)14-7-9-16(10-8-14)23-21(24)18-11-15-12-27-17-6-4-5-13(2)19(17)20(15)28-18/h4-11H,3,12H2,1-2H3,(H,23,24). The van der Waals surface area contributed by atoms with Crippen LogP contribution in [0.3, 0.4) is 0 Å². The van der Waals surface area contributed by atoms with Gasteiger partial charge in [0, 0.05) is 21.7 Å². The number of benzene rings is 2. The van der Waals surface area contributed by atoms with Crippen LogP contribution in [0.2, 0.25) is 0 Å². The molecule has 0 bridgehead atoms. The molecule has 6 heteroatoms. The predicted octanol–water partition coefficient (Wildman–Crippen LogP) is 5.04. The number of thiophene rings is 1. The van der Waals surface area contributed by atoms with E-state index in [4.69, 9.17) is 9.47 Å². The van der Waals surface area contributed by atoms with E-state index in [1.54, 1.807) is 31.2 Å². The number of carbonyl (C=O) groups is 2. The van der Waals surface area contributed by atoms with E-state index >= 15 is 0 Å². The number of nitrogens with one attached hydrogen (secondary N) is 1. The van der Waals surface area contributed by atoms with Crippen LogP contribution in [0.15, 0.2) is 48.5 Å². The zero-order valence-electron chi connectivity index (χ0n) is 15.6. The summed E-state index contributed by atoms with van der Waals surface area (Å²) in [6.45, 7) is 4.59. The Hall–Kier alpha value is -3.12. The van der Waals surface area contributed by atoms with Crippen LogP contribution in [0, 0.1) is 6.92 Å². The minimum absolute atomic E-state index is 0.182. The summed E-state index contributed by atoms with van der Waals surface area (Å²) in [6, 6.07) is 14.5. The van der Waals surface area contributed by atoms with Crippen molar-refractivity contribution in [2.24, 2.45) is 0 Å². The second-order valence-electron chi connectivity index (χ2n) is 6.45. The first-order chi connectivity index (χ1) is 13.6. The minimum atomic E-state index is -0.375. The second-order valence-corrected chi connectivity index (χ2v) is 7.51. The molecule has 1 N–H and O–H groups in total. The molecular formula is C22H19NO4S. The highest BCUT2D eigenvalue weighted by Crippen LogP contribution is 2.44. The van der Waals surface area contributed by atoms with Crippen LogP contribution in [-0.2, 0) is 11.3 Å². The first-order valence-corrected chi connectivity index (χ1v) is 9.82. The summed E-state index contributed by atoms with van der Waals surface area (Å²) >= 11 is 1.47. The number of amides is 1. The van der Waals surface area contributed by atoms with Gasteiger partial charge >= 0.3 is 5.97 Å². The molecule has 0 saturated heterocycles. The van der Waals surface area contributed by atoms with Crippen LogP contribution < -0.4 is 10.1 Å². The van der Waals surface area contributed by atoms with Crippen LogP contribution in [0.5, 0.6) is 5.75 Å². The number of aryl methyl sites for hydroxylation is 1. The number of carbonyl (C=O) groups excluding carboxylic acids is 2. The van der Waals surface area contributed by atoms with Gasteiger partial charge in [-0.2, -0.15) is 0 Å². The van der Waals surface area contributed by atoms with E-state index in [0.29, 0.717) is 29.3 Å². The van der Waals surface area contributed by atoms with Gasteiger partial charge in [-0.05, 0) is 55.8 Å². The van der Waals surface area contributed by atoms with Crippen molar-refractivity contribution in [2.45, 2.75) is 20.5 Å². The molecule has 0 radical (unpaired) electrons. The van der Waals surface area contributed by atoms with Crippen molar-refractivity contribution >= 4 is 28.9 Å². The third kappa shape index (κ3) is 3.39. The number of fused-ring (bicyclic) bond motifs is 3. The molecule has 142 valence electrons. The number of anilines is 1. The van der Waals surface area contributed by atoms with Crippen LogP contribution >= 0.6 is 11.3 Å². The lowest BCUT2D eigenvalue weighted by atomic mass is 10.0. The molecule has 5 nitrogen and oxygen atoms in total. The molecule has 0 unspecified atom stereocenters. The lowest BCUT2D eigenvalue weighted by molar-refractivity contribution is 0.0526. The van der Waals surface area contributed by atoms with E-state index in [2.05, 4.69) is 5.32 Å². The van der Waals surface area contributed by atoms with Gasteiger partial charge in [0.25, 0.3) is 5.91 Å². The number of esters is 1. The van der Waals surface area contributed by atoms with Crippen molar-refractivity contribution in [1.82, 2.24) is 0 Å². The molecule has 4 rings (SSSR count). The average molecular weight is 393 g/mol. The molecule has 1 amide bonds. The quantitative estimate of drug-likeness (QED) is 0.631. The van der Waals surface area contributed by atoms with Gasteiger partial charge < -0.3 is 14.8 Å². The molecule has 2 heterocycles. The van der Waals surface area contributed by atoms with E-state index in [9.17, 15) is 9.59 Å². The van der Waals surface area contributed by atoms with Gasteiger partial charge in [0.15, 0.2) is 0 Å². The number of hydrogen-bond acceptors (Lipinski definition) is 5. The van der Waals surface area contributed by atoms with Gasteiger partial charge in [-0.3, -0.25) is 4.79 Å². The van der Waals surface area contributed by atoms with Gasteiger partial charge in [-0.25, -0.2) is 4.79 Å². The highest BCUT2D eigenvalue weighted by atomic mass is 32.1.